The molecule has 0 amide bonds. The van der Waals surface area contributed by atoms with E-state index < -0.39 is 0 Å². The van der Waals surface area contributed by atoms with E-state index in [4.69, 9.17) is 9.51 Å². The van der Waals surface area contributed by atoms with E-state index in [9.17, 15) is 0 Å². The van der Waals surface area contributed by atoms with E-state index in [0.717, 1.165) is 35.2 Å². The Hall–Kier alpha value is -1.71. The van der Waals surface area contributed by atoms with Gasteiger partial charge in [0.05, 0.1) is 11.8 Å². The summed E-state index contributed by atoms with van der Waals surface area (Å²) in [6, 6.07) is 5.95. The first kappa shape index (κ1) is 12.8. The van der Waals surface area contributed by atoms with Crippen molar-refractivity contribution in [3.8, 4) is 0 Å². The van der Waals surface area contributed by atoms with Gasteiger partial charge in [-0.15, -0.1) is 0 Å². The zero-order valence-corrected chi connectivity index (χ0v) is 12.7. The molecular weight excluding hydrogens is 274 g/mol. The Balaban J connectivity index is 1.42. The highest BCUT2D eigenvalue weighted by molar-refractivity contribution is 5.16. The summed E-state index contributed by atoms with van der Waals surface area (Å²) in [5.74, 6) is 4.40. The molecule has 0 N–H and O–H groups in total. The summed E-state index contributed by atoms with van der Waals surface area (Å²) >= 11 is 0. The average molecular weight is 295 g/mol. The van der Waals surface area contributed by atoms with E-state index in [2.05, 4.69) is 10.1 Å². The van der Waals surface area contributed by atoms with E-state index >= 15 is 0 Å². The zero-order valence-electron chi connectivity index (χ0n) is 12.7. The van der Waals surface area contributed by atoms with Gasteiger partial charge in [-0.2, -0.15) is 4.98 Å². The molecule has 4 saturated carbocycles. The molecule has 2 heterocycles. The first-order chi connectivity index (χ1) is 10.8. The number of aromatic nitrogens is 3. The normalized spacial score (nSPS) is 35.9. The molecule has 4 aliphatic rings. The maximum Gasteiger partial charge on any atom is 0.232 e. The van der Waals surface area contributed by atoms with Crippen LogP contribution in [0.3, 0.4) is 0 Å². The van der Waals surface area contributed by atoms with Crippen LogP contribution in [0.1, 0.15) is 55.9 Å². The predicted octanol–water partition coefficient (Wildman–Crippen LogP) is 3.52. The topological polar surface area (TPSA) is 51.8 Å². The minimum Gasteiger partial charge on any atom is -0.339 e. The second-order valence-electron chi connectivity index (χ2n) is 7.71. The van der Waals surface area contributed by atoms with Crippen molar-refractivity contribution in [1.82, 2.24) is 15.1 Å². The molecule has 0 aromatic carbocycles. The Kier molecular flexibility index (Phi) is 2.70. The summed E-state index contributed by atoms with van der Waals surface area (Å²) < 4.78 is 5.73. The van der Waals surface area contributed by atoms with Crippen molar-refractivity contribution in [3.05, 3.63) is 41.8 Å². The molecule has 4 nitrogen and oxygen atoms in total. The Labute approximate surface area is 130 Å². The van der Waals surface area contributed by atoms with Crippen molar-refractivity contribution in [2.45, 2.75) is 50.4 Å². The Morgan fingerprint density at radius 1 is 1.05 bits per heavy atom. The van der Waals surface area contributed by atoms with Crippen molar-refractivity contribution in [1.29, 1.82) is 0 Å². The monoisotopic (exact) mass is 295 g/mol. The fourth-order valence-corrected chi connectivity index (χ4v) is 5.58. The minimum absolute atomic E-state index is 0.199. The summed E-state index contributed by atoms with van der Waals surface area (Å²) in [7, 11) is 0. The number of hydrogen-bond donors (Lipinski definition) is 0. The van der Waals surface area contributed by atoms with E-state index in [-0.39, 0.29) is 5.41 Å². The third kappa shape index (κ3) is 2.00. The lowest BCUT2D eigenvalue weighted by atomic mass is 9.49. The van der Waals surface area contributed by atoms with Crippen LogP contribution in [0.2, 0.25) is 0 Å². The summed E-state index contributed by atoms with van der Waals surface area (Å²) in [4.78, 5) is 9.13. The second kappa shape index (κ2) is 4.64. The third-order valence-corrected chi connectivity index (χ3v) is 6.03. The van der Waals surface area contributed by atoms with E-state index in [1.54, 1.807) is 0 Å². The lowest BCUT2D eigenvalue weighted by Crippen LogP contribution is -2.48. The molecule has 4 heteroatoms. The first-order valence-corrected chi connectivity index (χ1v) is 8.52. The SMILES string of the molecule is c1ccc(Cc2noc(C34CC5CC(CC(C5)C3)C4)n2)nc1. The quantitative estimate of drug-likeness (QED) is 0.869. The molecule has 4 fully saturated rings. The molecule has 114 valence electrons. The van der Waals surface area contributed by atoms with Gasteiger partial charge in [0.25, 0.3) is 0 Å². The Bertz CT molecular complexity index is 643. The zero-order chi connectivity index (χ0) is 14.6. The van der Waals surface area contributed by atoms with Crippen LogP contribution in [0.15, 0.2) is 28.9 Å². The predicted molar refractivity (Wildman–Crippen MR) is 81.2 cm³/mol. The highest BCUT2D eigenvalue weighted by Gasteiger charge is 2.54. The van der Waals surface area contributed by atoms with Crippen molar-refractivity contribution in [3.63, 3.8) is 0 Å². The van der Waals surface area contributed by atoms with Crippen LogP contribution in [0.4, 0.5) is 0 Å². The largest absolute Gasteiger partial charge is 0.339 e. The molecule has 0 spiro atoms. The molecule has 0 aliphatic heterocycles. The molecule has 4 bridgehead atoms. The highest BCUT2D eigenvalue weighted by Crippen LogP contribution is 2.60. The van der Waals surface area contributed by atoms with Gasteiger partial charge in [-0.05, 0) is 68.4 Å². The summed E-state index contributed by atoms with van der Waals surface area (Å²) in [6.45, 7) is 0. The number of hydrogen-bond acceptors (Lipinski definition) is 4. The first-order valence-electron chi connectivity index (χ1n) is 8.52. The van der Waals surface area contributed by atoms with Crippen molar-refractivity contribution in [2.75, 3.05) is 0 Å². The van der Waals surface area contributed by atoms with E-state index in [1.165, 1.54) is 38.5 Å². The lowest BCUT2D eigenvalue weighted by Gasteiger charge is -2.55. The number of pyridine rings is 1. The minimum atomic E-state index is 0.199. The molecule has 2 aromatic heterocycles. The number of rotatable bonds is 3. The van der Waals surface area contributed by atoms with Crippen molar-refractivity contribution < 1.29 is 4.52 Å². The lowest BCUT2D eigenvalue weighted by molar-refractivity contribution is -0.0201. The molecule has 4 aliphatic carbocycles. The molecule has 0 radical (unpaired) electrons. The van der Waals surface area contributed by atoms with Gasteiger partial charge in [-0.25, -0.2) is 0 Å². The Morgan fingerprint density at radius 3 is 2.41 bits per heavy atom. The van der Waals surface area contributed by atoms with Crippen LogP contribution < -0.4 is 0 Å². The standard InChI is InChI=1S/C18H21N3O/c1-2-4-19-15(3-1)8-16-20-17(22-21-16)18-9-12-5-13(10-18)7-14(6-12)11-18/h1-4,12-14H,5-11H2. The highest BCUT2D eigenvalue weighted by atomic mass is 16.5. The fourth-order valence-electron chi connectivity index (χ4n) is 5.58. The summed E-state index contributed by atoms with van der Waals surface area (Å²) in [5, 5.41) is 4.24. The molecule has 22 heavy (non-hydrogen) atoms. The van der Waals surface area contributed by atoms with Gasteiger partial charge in [0.1, 0.15) is 0 Å². The Morgan fingerprint density at radius 2 is 1.77 bits per heavy atom. The van der Waals surface area contributed by atoms with Gasteiger partial charge in [0, 0.05) is 11.9 Å². The van der Waals surface area contributed by atoms with E-state index in [1.807, 2.05) is 24.4 Å². The van der Waals surface area contributed by atoms with Gasteiger partial charge in [0.15, 0.2) is 5.82 Å². The molecular formula is C18H21N3O. The summed E-state index contributed by atoms with van der Waals surface area (Å²) in [5.41, 5.74) is 1.20. The van der Waals surface area contributed by atoms with Gasteiger partial charge in [-0.1, -0.05) is 11.2 Å². The van der Waals surface area contributed by atoms with Crippen LogP contribution in [-0.2, 0) is 11.8 Å². The van der Waals surface area contributed by atoms with Gasteiger partial charge < -0.3 is 4.52 Å². The van der Waals surface area contributed by atoms with E-state index in [0.29, 0.717) is 6.42 Å². The van der Waals surface area contributed by atoms with Crippen LogP contribution in [0, 0.1) is 17.8 Å². The molecule has 0 unspecified atom stereocenters. The third-order valence-electron chi connectivity index (χ3n) is 6.03. The van der Waals surface area contributed by atoms with Crippen LogP contribution in [0.25, 0.3) is 0 Å². The van der Waals surface area contributed by atoms with Crippen molar-refractivity contribution >= 4 is 0 Å². The van der Waals surface area contributed by atoms with Crippen LogP contribution >= 0.6 is 0 Å². The molecule has 6 rings (SSSR count). The smallest absolute Gasteiger partial charge is 0.232 e. The van der Waals surface area contributed by atoms with Crippen LogP contribution in [-0.4, -0.2) is 15.1 Å². The molecule has 0 saturated heterocycles. The van der Waals surface area contributed by atoms with Crippen molar-refractivity contribution in [2.24, 2.45) is 17.8 Å². The van der Waals surface area contributed by atoms with Gasteiger partial charge in [0.2, 0.25) is 5.89 Å². The summed E-state index contributed by atoms with van der Waals surface area (Å²) in [6.07, 6.45) is 10.6. The fraction of sp³-hybridized carbons (Fsp3) is 0.611. The van der Waals surface area contributed by atoms with Crippen LogP contribution in [0.5, 0.6) is 0 Å². The average Bonchev–Trinajstić information content (AvgIpc) is 2.96. The van der Waals surface area contributed by atoms with Gasteiger partial charge >= 0.3 is 0 Å². The maximum absolute atomic E-state index is 5.73. The molecule has 0 atom stereocenters. The second-order valence-corrected chi connectivity index (χ2v) is 7.71. The van der Waals surface area contributed by atoms with Gasteiger partial charge in [-0.3, -0.25) is 4.98 Å². The maximum atomic E-state index is 5.73. The number of nitrogens with zero attached hydrogens (tertiary/aromatic N) is 3. The molecule has 2 aromatic rings.